The minimum absolute atomic E-state index is 0.403. The maximum atomic E-state index is 4.86. The molecule has 2 N–H and O–H groups in total. The van der Waals surface area contributed by atoms with E-state index in [1.54, 1.807) is 0 Å². The Morgan fingerprint density at radius 1 is 1.14 bits per heavy atom. The predicted molar refractivity (Wildman–Crippen MR) is 123 cm³/mol. The van der Waals surface area contributed by atoms with Crippen molar-refractivity contribution < 1.29 is 0 Å². The van der Waals surface area contributed by atoms with Crippen molar-refractivity contribution in [1.29, 1.82) is 0 Å². The molecule has 0 saturated carbocycles. The van der Waals surface area contributed by atoms with E-state index < -0.39 is 0 Å². The summed E-state index contributed by atoms with van der Waals surface area (Å²) < 4.78 is 0. The van der Waals surface area contributed by atoms with Crippen molar-refractivity contribution in [3.63, 3.8) is 0 Å². The number of pyridine rings is 1. The molecule has 1 fully saturated rings. The first-order valence-corrected chi connectivity index (χ1v) is 10.8. The number of piperidine rings is 1. The molecule has 1 aliphatic rings. The summed E-state index contributed by atoms with van der Waals surface area (Å²) in [5, 5.41) is 7.06. The van der Waals surface area contributed by atoms with Gasteiger partial charge in [-0.05, 0) is 51.3 Å². The first kappa shape index (κ1) is 21.2. The third-order valence-corrected chi connectivity index (χ3v) is 5.55. The summed E-state index contributed by atoms with van der Waals surface area (Å²) in [6, 6.07) is 15.5. The van der Waals surface area contributed by atoms with Crippen LogP contribution in [0.5, 0.6) is 0 Å². The Morgan fingerprint density at radius 3 is 2.52 bits per heavy atom. The number of hydrogen-bond donors (Lipinski definition) is 2. The largest absolute Gasteiger partial charge is 0.357 e. The van der Waals surface area contributed by atoms with Crippen LogP contribution < -0.4 is 15.5 Å². The van der Waals surface area contributed by atoms with Gasteiger partial charge in [-0.2, -0.15) is 0 Å². The second-order valence-corrected chi connectivity index (χ2v) is 8.07. The van der Waals surface area contributed by atoms with Crippen LogP contribution in [-0.4, -0.2) is 43.2 Å². The zero-order chi connectivity index (χ0) is 20.6. The van der Waals surface area contributed by atoms with Crippen LogP contribution >= 0.6 is 0 Å². The van der Waals surface area contributed by atoms with Crippen molar-refractivity contribution in [2.75, 3.05) is 31.1 Å². The standard InChI is InChI=1S/C24H35N5/c1-5-25-24(26-17-19(3)21-11-9-18(2)10-12-21)28-22-13-15-29(16-14-22)23-8-6-7-20(4)27-23/h6-12,19,22H,5,13-17H2,1-4H3,(H2,25,26,28). The fourth-order valence-electron chi connectivity index (χ4n) is 3.70. The molecule has 2 heterocycles. The molecule has 1 saturated heterocycles. The van der Waals surface area contributed by atoms with Crippen molar-refractivity contribution >= 4 is 11.8 Å². The first-order chi connectivity index (χ1) is 14.0. The summed E-state index contributed by atoms with van der Waals surface area (Å²) in [6.45, 7) is 12.2. The number of nitrogens with one attached hydrogen (secondary N) is 2. The van der Waals surface area contributed by atoms with E-state index in [0.717, 1.165) is 56.5 Å². The van der Waals surface area contributed by atoms with Crippen LogP contribution in [0.1, 0.15) is 49.4 Å². The molecule has 29 heavy (non-hydrogen) atoms. The van der Waals surface area contributed by atoms with Crippen LogP contribution in [0, 0.1) is 13.8 Å². The van der Waals surface area contributed by atoms with E-state index in [4.69, 9.17) is 4.99 Å². The van der Waals surface area contributed by atoms with Crippen molar-refractivity contribution in [3.8, 4) is 0 Å². The van der Waals surface area contributed by atoms with Gasteiger partial charge < -0.3 is 15.5 Å². The Kier molecular flexibility index (Phi) is 7.50. The maximum Gasteiger partial charge on any atom is 0.191 e. The van der Waals surface area contributed by atoms with Gasteiger partial charge in [-0.15, -0.1) is 0 Å². The van der Waals surface area contributed by atoms with E-state index in [9.17, 15) is 0 Å². The van der Waals surface area contributed by atoms with Gasteiger partial charge in [0.1, 0.15) is 5.82 Å². The molecule has 0 amide bonds. The van der Waals surface area contributed by atoms with Gasteiger partial charge in [-0.1, -0.05) is 42.8 Å². The maximum absolute atomic E-state index is 4.86. The Hall–Kier alpha value is -2.56. The molecule has 1 atom stereocenters. The number of aliphatic imine (C=N–C) groups is 1. The molecule has 1 aliphatic heterocycles. The number of hydrogen-bond acceptors (Lipinski definition) is 3. The Bertz CT molecular complexity index is 791. The molecule has 0 radical (unpaired) electrons. The molecule has 2 aromatic rings. The normalized spacial score (nSPS) is 16.6. The zero-order valence-electron chi connectivity index (χ0n) is 18.3. The van der Waals surface area contributed by atoms with Gasteiger partial charge in [0.15, 0.2) is 5.96 Å². The van der Waals surface area contributed by atoms with E-state index in [-0.39, 0.29) is 0 Å². The van der Waals surface area contributed by atoms with E-state index in [2.05, 4.69) is 90.7 Å². The number of benzene rings is 1. The van der Waals surface area contributed by atoms with E-state index in [1.165, 1.54) is 11.1 Å². The minimum atomic E-state index is 0.403. The van der Waals surface area contributed by atoms with E-state index >= 15 is 0 Å². The molecule has 0 spiro atoms. The lowest BCUT2D eigenvalue weighted by Gasteiger charge is -2.34. The van der Waals surface area contributed by atoms with Gasteiger partial charge in [0.2, 0.25) is 0 Å². The molecule has 3 rings (SSSR count). The SMILES string of the molecule is CCNC(=NCC(C)c1ccc(C)cc1)NC1CCN(c2cccc(C)n2)CC1. The molecule has 1 aromatic heterocycles. The lowest BCUT2D eigenvalue weighted by Crippen LogP contribution is -2.49. The smallest absolute Gasteiger partial charge is 0.191 e. The summed E-state index contributed by atoms with van der Waals surface area (Å²) >= 11 is 0. The highest BCUT2D eigenvalue weighted by atomic mass is 15.2. The Labute approximate surface area is 175 Å². The lowest BCUT2D eigenvalue weighted by molar-refractivity contribution is 0.459. The summed E-state index contributed by atoms with van der Waals surface area (Å²) in [4.78, 5) is 11.9. The van der Waals surface area contributed by atoms with Gasteiger partial charge >= 0.3 is 0 Å². The van der Waals surface area contributed by atoms with E-state index in [1.807, 2.05) is 0 Å². The second-order valence-electron chi connectivity index (χ2n) is 8.07. The molecule has 5 nitrogen and oxygen atoms in total. The molecular weight excluding hydrogens is 358 g/mol. The summed E-state index contributed by atoms with van der Waals surface area (Å²) in [6.07, 6.45) is 2.18. The van der Waals surface area contributed by atoms with Gasteiger partial charge in [-0.25, -0.2) is 4.98 Å². The highest BCUT2D eigenvalue weighted by Crippen LogP contribution is 2.19. The summed E-state index contributed by atoms with van der Waals surface area (Å²) in [5.41, 5.74) is 3.72. The van der Waals surface area contributed by atoms with Crippen molar-refractivity contribution in [3.05, 3.63) is 59.3 Å². The fourth-order valence-corrected chi connectivity index (χ4v) is 3.70. The molecule has 0 aliphatic carbocycles. The van der Waals surface area contributed by atoms with Crippen molar-refractivity contribution in [1.82, 2.24) is 15.6 Å². The Balaban J connectivity index is 1.53. The molecule has 5 heteroatoms. The average Bonchev–Trinajstić information content (AvgIpc) is 2.73. The number of aryl methyl sites for hydroxylation is 2. The van der Waals surface area contributed by atoms with E-state index in [0.29, 0.717) is 12.0 Å². The van der Waals surface area contributed by atoms with Crippen molar-refractivity contribution in [2.24, 2.45) is 4.99 Å². The van der Waals surface area contributed by atoms with Crippen LogP contribution in [0.4, 0.5) is 5.82 Å². The summed E-state index contributed by atoms with van der Waals surface area (Å²) in [5.74, 6) is 2.43. The second kappa shape index (κ2) is 10.3. The quantitative estimate of drug-likeness (QED) is 0.575. The van der Waals surface area contributed by atoms with Gasteiger partial charge in [0.05, 0.1) is 0 Å². The van der Waals surface area contributed by atoms with Gasteiger partial charge in [0.25, 0.3) is 0 Å². The third kappa shape index (κ3) is 6.21. The lowest BCUT2D eigenvalue weighted by atomic mass is 10.0. The highest BCUT2D eigenvalue weighted by Gasteiger charge is 2.21. The number of aromatic nitrogens is 1. The van der Waals surface area contributed by atoms with Crippen LogP contribution in [0.15, 0.2) is 47.5 Å². The van der Waals surface area contributed by atoms with Crippen LogP contribution in [-0.2, 0) is 0 Å². The summed E-state index contributed by atoms with van der Waals surface area (Å²) in [7, 11) is 0. The topological polar surface area (TPSA) is 52.6 Å². The minimum Gasteiger partial charge on any atom is -0.357 e. The van der Waals surface area contributed by atoms with Gasteiger partial charge in [-0.3, -0.25) is 4.99 Å². The van der Waals surface area contributed by atoms with Crippen LogP contribution in [0.2, 0.25) is 0 Å². The highest BCUT2D eigenvalue weighted by molar-refractivity contribution is 5.80. The molecule has 156 valence electrons. The average molecular weight is 394 g/mol. The molecule has 1 aromatic carbocycles. The number of anilines is 1. The Morgan fingerprint density at radius 2 is 1.86 bits per heavy atom. The number of rotatable bonds is 6. The van der Waals surface area contributed by atoms with Crippen molar-refractivity contribution in [2.45, 2.75) is 52.5 Å². The predicted octanol–water partition coefficient (Wildman–Crippen LogP) is 4.03. The monoisotopic (exact) mass is 393 g/mol. The number of nitrogens with zero attached hydrogens (tertiary/aromatic N) is 3. The third-order valence-electron chi connectivity index (χ3n) is 5.55. The fraction of sp³-hybridized carbons (Fsp3) is 0.500. The first-order valence-electron chi connectivity index (χ1n) is 10.8. The van der Waals surface area contributed by atoms with Crippen LogP contribution in [0.25, 0.3) is 0 Å². The molecule has 1 unspecified atom stereocenters. The van der Waals surface area contributed by atoms with Gasteiger partial charge in [0, 0.05) is 43.8 Å². The van der Waals surface area contributed by atoms with Crippen LogP contribution in [0.3, 0.4) is 0 Å². The number of guanidine groups is 1. The zero-order valence-corrected chi connectivity index (χ0v) is 18.3. The molecule has 0 bridgehead atoms. The molecular formula is C24H35N5.